The Balaban J connectivity index is 0.000000753. The van der Waals surface area contributed by atoms with Crippen LogP contribution < -0.4 is 23.7 Å². The van der Waals surface area contributed by atoms with Gasteiger partial charge in [0, 0.05) is 15.1 Å². The molecule has 0 aliphatic heterocycles. The van der Waals surface area contributed by atoms with Crippen molar-refractivity contribution >= 4 is 58.0 Å². The van der Waals surface area contributed by atoms with E-state index >= 15 is 0 Å². The van der Waals surface area contributed by atoms with Crippen LogP contribution in [0.4, 0.5) is 0 Å². The molecule has 0 saturated carbocycles. The van der Waals surface area contributed by atoms with Crippen molar-refractivity contribution in [1.29, 1.82) is 0 Å². The Kier molecular flexibility index (Phi) is 65.7. The minimum atomic E-state index is 0.504. The van der Waals surface area contributed by atoms with Crippen LogP contribution in [0.5, 0.6) is 28.7 Å². The molecule has 0 aliphatic carbocycles. The summed E-state index contributed by atoms with van der Waals surface area (Å²) in [6.07, 6.45) is 0. The zero-order chi connectivity index (χ0) is 105. The molecule has 0 aliphatic rings. The topological polar surface area (TPSA) is 46.2 Å². The SMILES string of the molecule is CC(C)c1ccc(Cl)c(Cl)c1.CC(C)c1ccc(Cl)cc1.CC(C)c1cccc(Cl)c1.CC(C)c1ccccc1Cl.CCOc1ccc(C(C)C)cc1.CCOc1ccccc1C(C)C.COc1ccc(C(C)C)cc1.COc1cccc(C(C)C)c1.COc1ccccc1C(C)C.Cc1ccc(C(C)C)cc1.Cc1ccc(C(C)C)cc1C.Cc1cccc(C(C)C)c1.Cc1ccccc1C(C)C. The molecule has 0 N–H and O–H groups in total. The summed E-state index contributed by atoms with van der Waals surface area (Å²) < 4.78 is 26.2. The van der Waals surface area contributed by atoms with Crippen molar-refractivity contribution < 1.29 is 23.7 Å². The van der Waals surface area contributed by atoms with E-state index in [1.165, 1.54) is 100 Å². The standard InChI is InChI=1S/2C11H16O.C11H16.3C10H14O.3C10H14.C9H10Cl2.3C9H11Cl/c1-4-12-11-7-5-10(6-8-11)9(2)3;1-4-12-11-8-6-5-7-10(11)9(2)3;1-8(2)11-6-5-9(3)10(4)7-11;1-8(2)9-4-6-10(11-3)7-5-9;1-8(2)9-5-4-6-10(7-9)11-3;1-8(2)9-6-4-5-7-10(9)11-3;1-8(2)10-6-4-9(3)5-7-10;1-8(2)10-6-4-5-9(3)7-10;1-8(2)10-7-5-4-6-9(10)3;1-6(2)7-3-4-8(10)9(11)5-7;1-7(2)8-3-5-9(10)6-4-8;1-7(2)8-4-3-5-9(10)6-8;1-7(2)8-5-3-4-6-9(8)10/h2*5-9H,4H2,1-3H3;5-8H,1-4H3;3*4-8H,1-3H3;3*4-8H,1-3H3;3-6H,1-2H3;3*3-7H,1-2H3. The van der Waals surface area contributed by atoms with Gasteiger partial charge in [-0.15, -0.1) is 0 Å². The van der Waals surface area contributed by atoms with Crippen LogP contribution in [0.15, 0.2) is 303 Å². The first-order chi connectivity index (χ1) is 65.7. The second-order valence-corrected chi connectivity index (χ2v) is 40.7. The third kappa shape index (κ3) is 54.2. The number of halogens is 5. The monoisotopic (exact) mass is 1980 g/mol. The minimum Gasteiger partial charge on any atom is -0.497 e. The van der Waals surface area contributed by atoms with E-state index in [1.54, 1.807) is 21.3 Å². The zero-order valence-corrected chi connectivity index (χ0v) is 95.5. The number of rotatable bonds is 20. The first-order valence-corrected chi connectivity index (χ1v) is 51.9. The molecule has 13 rings (SSSR count). The number of aryl methyl sites for hydroxylation is 5. The minimum absolute atomic E-state index is 0.504. The number of ether oxygens (including phenoxy) is 5. The van der Waals surface area contributed by atoms with Gasteiger partial charge in [-0.1, -0.05) is 461 Å². The molecule has 0 saturated heterocycles. The maximum atomic E-state index is 5.92. The Bertz CT molecular complexity index is 5160. The summed E-state index contributed by atoms with van der Waals surface area (Å²) in [5.41, 5.74) is 24.3. The van der Waals surface area contributed by atoms with Gasteiger partial charge in [0.15, 0.2) is 0 Å². The molecule has 0 spiro atoms. The van der Waals surface area contributed by atoms with Gasteiger partial charge in [0.1, 0.15) is 28.7 Å². The smallest absolute Gasteiger partial charge is 0.122 e. The van der Waals surface area contributed by atoms with Crippen molar-refractivity contribution in [3.05, 3.63) is 429 Å². The second kappa shape index (κ2) is 71.7. The first kappa shape index (κ1) is 127. The van der Waals surface area contributed by atoms with Crippen LogP contribution in [0.3, 0.4) is 0 Å². The summed E-state index contributed by atoms with van der Waals surface area (Å²) in [5, 5.41) is 3.77. The Labute approximate surface area is 872 Å². The molecule has 5 nitrogen and oxygen atoms in total. The number of hydrogen-bond acceptors (Lipinski definition) is 5. The summed E-state index contributed by atoms with van der Waals surface area (Å²) >= 11 is 29.0. The van der Waals surface area contributed by atoms with Crippen molar-refractivity contribution in [2.24, 2.45) is 0 Å². The quantitative estimate of drug-likeness (QED) is 0.0761. The fraction of sp³-hybridized carbons (Fsp3) is 0.395. The lowest BCUT2D eigenvalue weighted by atomic mass is 9.99. The molecule has 756 valence electrons. The van der Waals surface area contributed by atoms with Crippen LogP contribution in [-0.4, -0.2) is 34.5 Å². The van der Waals surface area contributed by atoms with Crippen LogP contribution in [0, 0.1) is 34.6 Å². The molecule has 0 fully saturated rings. The molecule has 0 atom stereocenters. The van der Waals surface area contributed by atoms with Crippen molar-refractivity contribution in [2.75, 3.05) is 34.5 Å². The predicted octanol–water partition coefficient (Wildman–Crippen LogP) is 42.2. The fourth-order valence-corrected chi connectivity index (χ4v) is 14.3. The molecule has 0 bridgehead atoms. The second-order valence-electron chi connectivity index (χ2n) is 38.6. The molecule has 0 amide bonds. The number of para-hydroxylation sites is 2. The molecular formula is C129H175Cl5O5. The van der Waals surface area contributed by atoms with Crippen LogP contribution in [0.2, 0.25) is 25.1 Å². The van der Waals surface area contributed by atoms with Gasteiger partial charge in [-0.3, -0.25) is 0 Å². The van der Waals surface area contributed by atoms with E-state index in [2.05, 4.69) is 384 Å². The molecule has 13 aromatic carbocycles. The summed E-state index contributed by atoms with van der Waals surface area (Å²) in [7, 11) is 5.09. The van der Waals surface area contributed by atoms with Gasteiger partial charge >= 0.3 is 0 Å². The molecule has 0 aromatic heterocycles. The van der Waals surface area contributed by atoms with Crippen LogP contribution >= 0.6 is 58.0 Å². The lowest BCUT2D eigenvalue weighted by molar-refractivity contribution is 0.335. The molecule has 0 heterocycles. The van der Waals surface area contributed by atoms with Crippen LogP contribution in [0.25, 0.3) is 0 Å². The van der Waals surface area contributed by atoms with Gasteiger partial charge in [0.25, 0.3) is 0 Å². The van der Waals surface area contributed by atoms with E-state index < -0.39 is 0 Å². The van der Waals surface area contributed by atoms with Gasteiger partial charge in [-0.05, 0) is 305 Å². The van der Waals surface area contributed by atoms with Crippen molar-refractivity contribution in [3.8, 4) is 28.7 Å². The van der Waals surface area contributed by atoms with E-state index in [4.69, 9.17) is 81.7 Å². The number of hydrogen-bond donors (Lipinski definition) is 0. The van der Waals surface area contributed by atoms with Gasteiger partial charge in [0.05, 0.1) is 44.6 Å². The lowest BCUT2D eigenvalue weighted by Gasteiger charge is -2.11. The number of methoxy groups -OCH3 is 3. The highest BCUT2D eigenvalue weighted by atomic mass is 35.5. The average Bonchev–Trinajstić information content (AvgIpc) is 0.868. The molecule has 139 heavy (non-hydrogen) atoms. The van der Waals surface area contributed by atoms with Crippen LogP contribution in [-0.2, 0) is 0 Å². The van der Waals surface area contributed by atoms with E-state index in [-0.39, 0.29) is 0 Å². The maximum absolute atomic E-state index is 5.92. The van der Waals surface area contributed by atoms with Gasteiger partial charge in [-0.2, -0.15) is 0 Å². The molecular weight excluding hydrogens is 1810 g/mol. The Morgan fingerprint density at radius 2 is 0.540 bits per heavy atom. The van der Waals surface area contributed by atoms with Gasteiger partial charge in [0.2, 0.25) is 0 Å². The Hall–Kier alpha value is -9.69. The summed E-state index contributed by atoms with van der Waals surface area (Å²) in [6.45, 7) is 72.9. The average molecular weight is 1980 g/mol. The third-order valence-corrected chi connectivity index (χ3v) is 24.2. The van der Waals surface area contributed by atoms with Crippen molar-refractivity contribution in [2.45, 2.75) is 305 Å². The summed E-state index contributed by atoms with van der Waals surface area (Å²) in [5.74, 6) is 12.5. The Morgan fingerprint density at radius 1 is 0.194 bits per heavy atom. The normalized spacial score (nSPS) is 10.4. The molecule has 0 unspecified atom stereocenters. The van der Waals surface area contributed by atoms with Gasteiger partial charge in [-0.25, -0.2) is 0 Å². The van der Waals surface area contributed by atoms with E-state index in [9.17, 15) is 0 Å². The molecule has 0 radical (unpaired) electrons. The fourth-order valence-electron chi connectivity index (χ4n) is 13.4. The summed E-state index contributed by atoms with van der Waals surface area (Å²) in [6, 6.07) is 103. The lowest BCUT2D eigenvalue weighted by Crippen LogP contribution is -1.97. The largest absolute Gasteiger partial charge is 0.497 e. The van der Waals surface area contributed by atoms with E-state index in [0.29, 0.717) is 87.0 Å². The molecule has 10 heteroatoms. The predicted molar refractivity (Wildman–Crippen MR) is 618 cm³/mol. The van der Waals surface area contributed by atoms with E-state index in [0.717, 1.165) is 57.0 Å². The maximum Gasteiger partial charge on any atom is 0.122 e. The van der Waals surface area contributed by atoms with Gasteiger partial charge < -0.3 is 23.7 Å². The highest BCUT2D eigenvalue weighted by Crippen LogP contribution is 2.32. The molecule has 13 aromatic rings. The summed E-state index contributed by atoms with van der Waals surface area (Å²) in [4.78, 5) is 0. The van der Waals surface area contributed by atoms with Crippen molar-refractivity contribution in [1.82, 2.24) is 0 Å². The highest BCUT2D eigenvalue weighted by Gasteiger charge is 2.11. The van der Waals surface area contributed by atoms with Crippen LogP contribution in [0.1, 0.15) is 371 Å². The first-order valence-electron chi connectivity index (χ1n) is 50.0. The van der Waals surface area contributed by atoms with Crippen molar-refractivity contribution in [3.63, 3.8) is 0 Å². The third-order valence-electron chi connectivity index (χ3n) is 22.7. The Morgan fingerprint density at radius 3 is 0.899 bits per heavy atom. The number of benzene rings is 13. The van der Waals surface area contributed by atoms with E-state index in [1.807, 2.05) is 147 Å². The zero-order valence-electron chi connectivity index (χ0n) is 91.7. The highest BCUT2D eigenvalue weighted by molar-refractivity contribution is 6.42.